The van der Waals surface area contributed by atoms with E-state index in [0.29, 0.717) is 6.54 Å². The van der Waals surface area contributed by atoms with E-state index in [1.165, 1.54) is 32.1 Å². The highest BCUT2D eigenvalue weighted by molar-refractivity contribution is 5.78. The Morgan fingerprint density at radius 2 is 1.86 bits per heavy atom. The Balaban J connectivity index is 1.76. The molecule has 0 aliphatic heterocycles. The first-order chi connectivity index (χ1) is 10.1. The fraction of sp³-hybridized carbons (Fsp3) is 0.882. The summed E-state index contributed by atoms with van der Waals surface area (Å²) in [5.41, 5.74) is 0. The van der Waals surface area contributed by atoms with Gasteiger partial charge in [-0.25, -0.2) is 0 Å². The standard InChI is InChI=1S/C17H29NO3/c1-2-12(9-16(19)20)11-18-17(21)15-8-7-13-5-3-4-6-14(13)10-15/h12-15H,2-11H2,1H3,(H,18,21)(H,19,20). The van der Waals surface area contributed by atoms with Crippen molar-refractivity contribution in [3.63, 3.8) is 0 Å². The van der Waals surface area contributed by atoms with Crippen LogP contribution >= 0.6 is 0 Å². The minimum Gasteiger partial charge on any atom is -0.481 e. The Hall–Kier alpha value is -1.06. The molecule has 0 aromatic carbocycles. The normalized spacial score (nSPS) is 30.2. The summed E-state index contributed by atoms with van der Waals surface area (Å²) in [7, 11) is 0. The average Bonchev–Trinajstić information content (AvgIpc) is 2.50. The van der Waals surface area contributed by atoms with Crippen LogP contribution < -0.4 is 5.32 Å². The van der Waals surface area contributed by atoms with E-state index in [2.05, 4.69) is 5.32 Å². The molecule has 4 atom stereocenters. The van der Waals surface area contributed by atoms with Crippen molar-refractivity contribution in [3.8, 4) is 0 Å². The van der Waals surface area contributed by atoms with Gasteiger partial charge in [-0.1, -0.05) is 39.0 Å². The van der Waals surface area contributed by atoms with E-state index in [1.807, 2.05) is 6.92 Å². The van der Waals surface area contributed by atoms with Crippen LogP contribution in [0.3, 0.4) is 0 Å². The summed E-state index contributed by atoms with van der Waals surface area (Å²) in [6, 6.07) is 0. The summed E-state index contributed by atoms with van der Waals surface area (Å²) in [6.45, 7) is 2.49. The molecule has 2 aliphatic carbocycles. The van der Waals surface area contributed by atoms with E-state index in [4.69, 9.17) is 5.11 Å². The second-order valence-electron chi connectivity index (χ2n) is 6.93. The van der Waals surface area contributed by atoms with Crippen molar-refractivity contribution in [1.82, 2.24) is 5.32 Å². The van der Waals surface area contributed by atoms with Crippen LogP contribution in [0.1, 0.15) is 64.7 Å². The summed E-state index contributed by atoms with van der Waals surface area (Å²) < 4.78 is 0. The molecule has 0 heterocycles. The Labute approximate surface area is 127 Å². The molecule has 2 rings (SSSR count). The maximum Gasteiger partial charge on any atom is 0.303 e. The third-order valence-corrected chi connectivity index (χ3v) is 5.52. The Bertz CT molecular complexity index is 369. The maximum absolute atomic E-state index is 12.3. The Morgan fingerprint density at radius 3 is 2.52 bits per heavy atom. The van der Waals surface area contributed by atoms with Gasteiger partial charge in [-0.3, -0.25) is 9.59 Å². The SMILES string of the molecule is CCC(CNC(=O)C1CCC2CCCCC2C1)CC(=O)O. The van der Waals surface area contributed by atoms with E-state index < -0.39 is 5.97 Å². The summed E-state index contributed by atoms with van der Waals surface area (Å²) in [4.78, 5) is 23.1. The van der Waals surface area contributed by atoms with Gasteiger partial charge in [0.1, 0.15) is 0 Å². The molecule has 21 heavy (non-hydrogen) atoms. The molecule has 4 nitrogen and oxygen atoms in total. The first-order valence-corrected chi connectivity index (χ1v) is 8.59. The molecule has 120 valence electrons. The first kappa shape index (κ1) is 16.3. The number of carboxylic acids is 1. The second-order valence-corrected chi connectivity index (χ2v) is 6.93. The number of hydrogen-bond donors (Lipinski definition) is 2. The molecular weight excluding hydrogens is 266 g/mol. The van der Waals surface area contributed by atoms with E-state index in [1.54, 1.807) is 0 Å². The molecule has 0 aromatic rings. The van der Waals surface area contributed by atoms with Gasteiger partial charge < -0.3 is 10.4 Å². The maximum atomic E-state index is 12.3. The van der Waals surface area contributed by atoms with Crippen LogP contribution in [-0.4, -0.2) is 23.5 Å². The minimum atomic E-state index is -0.779. The fourth-order valence-electron chi connectivity index (χ4n) is 4.11. The Morgan fingerprint density at radius 1 is 1.14 bits per heavy atom. The van der Waals surface area contributed by atoms with Crippen LogP contribution in [0.4, 0.5) is 0 Å². The van der Waals surface area contributed by atoms with Crippen LogP contribution in [0, 0.1) is 23.7 Å². The number of fused-ring (bicyclic) bond motifs is 1. The lowest BCUT2D eigenvalue weighted by Crippen LogP contribution is -2.39. The van der Waals surface area contributed by atoms with Gasteiger partial charge in [-0.15, -0.1) is 0 Å². The molecule has 0 saturated heterocycles. The lowest BCUT2D eigenvalue weighted by molar-refractivity contribution is -0.138. The van der Waals surface area contributed by atoms with E-state index in [0.717, 1.165) is 31.1 Å². The van der Waals surface area contributed by atoms with E-state index in [9.17, 15) is 9.59 Å². The molecule has 4 heteroatoms. The molecule has 2 saturated carbocycles. The molecule has 2 N–H and O–H groups in total. The molecule has 1 amide bonds. The number of rotatable bonds is 6. The summed E-state index contributed by atoms with van der Waals surface area (Å²) in [5, 5.41) is 11.8. The highest BCUT2D eigenvalue weighted by atomic mass is 16.4. The predicted octanol–water partition coefficient (Wildman–Crippen LogP) is 3.21. The zero-order valence-electron chi connectivity index (χ0n) is 13.1. The van der Waals surface area contributed by atoms with Crippen molar-refractivity contribution in [2.45, 2.75) is 64.7 Å². The molecule has 0 spiro atoms. The summed E-state index contributed by atoms with van der Waals surface area (Å²) >= 11 is 0. The highest BCUT2D eigenvalue weighted by Crippen LogP contribution is 2.42. The predicted molar refractivity (Wildman–Crippen MR) is 81.8 cm³/mol. The van der Waals surface area contributed by atoms with Gasteiger partial charge in [0.25, 0.3) is 0 Å². The first-order valence-electron chi connectivity index (χ1n) is 8.59. The number of hydrogen-bond acceptors (Lipinski definition) is 2. The van der Waals surface area contributed by atoms with Crippen molar-refractivity contribution in [2.24, 2.45) is 23.7 Å². The van der Waals surface area contributed by atoms with Crippen molar-refractivity contribution in [2.75, 3.05) is 6.54 Å². The number of nitrogens with one attached hydrogen (secondary N) is 1. The Kier molecular flexibility index (Phi) is 6.07. The second kappa shape index (κ2) is 7.81. The van der Waals surface area contributed by atoms with Crippen molar-refractivity contribution < 1.29 is 14.7 Å². The van der Waals surface area contributed by atoms with Gasteiger partial charge in [-0.2, -0.15) is 0 Å². The summed E-state index contributed by atoms with van der Waals surface area (Å²) in [5.74, 6) is 1.20. The van der Waals surface area contributed by atoms with Gasteiger partial charge in [0, 0.05) is 18.9 Å². The lowest BCUT2D eigenvalue weighted by Gasteiger charge is -2.38. The summed E-state index contributed by atoms with van der Waals surface area (Å²) in [6.07, 6.45) is 9.55. The molecule has 2 aliphatic rings. The average molecular weight is 295 g/mol. The van der Waals surface area contributed by atoms with Gasteiger partial charge in [-0.05, 0) is 37.0 Å². The van der Waals surface area contributed by atoms with Crippen molar-refractivity contribution in [3.05, 3.63) is 0 Å². The molecule has 4 unspecified atom stereocenters. The zero-order valence-corrected chi connectivity index (χ0v) is 13.1. The van der Waals surface area contributed by atoms with E-state index >= 15 is 0 Å². The number of aliphatic carboxylic acids is 1. The molecule has 0 radical (unpaired) electrons. The largest absolute Gasteiger partial charge is 0.481 e. The van der Waals surface area contributed by atoms with Gasteiger partial charge in [0.05, 0.1) is 0 Å². The fourth-order valence-corrected chi connectivity index (χ4v) is 4.11. The van der Waals surface area contributed by atoms with Gasteiger partial charge in [0.15, 0.2) is 0 Å². The van der Waals surface area contributed by atoms with Crippen molar-refractivity contribution >= 4 is 11.9 Å². The third kappa shape index (κ3) is 4.72. The smallest absolute Gasteiger partial charge is 0.303 e. The minimum absolute atomic E-state index is 0.0532. The van der Waals surface area contributed by atoms with Crippen LogP contribution in [-0.2, 0) is 9.59 Å². The highest BCUT2D eigenvalue weighted by Gasteiger charge is 2.34. The topological polar surface area (TPSA) is 66.4 Å². The van der Waals surface area contributed by atoms with Crippen LogP contribution in [0.2, 0.25) is 0 Å². The van der Waals surface area contributed by atoms with E-state index in [-0.39, 0.29) is 24.2 Å². The van der Waals surface area contributed by atoms with Gasteiger partial charge in [0.2, 0.25) is 5.91 Å². The molecule has 0 aromatic heterocycles. The van der Waals surface area contributed by atoms with Crippen LogP contribution in [0.5, 0.6) is 0 Å². The molecule has 0 bridgehead atoms. The lowest BCUT2D eigenvalue weighted by atomic mass is 9.67. The number of carbonyl (C=O) groups is 2. The van der Waals surface area contributed by atoms with Crippen molar-refractivity contribution in [1.29, 1.82) is 0 Å². The third-order valence-electron chi connectivity index (χ3n) is 5.52. The van der Waals surface area contributed by atoms with Crippen LogP contribution in [0.25, 0.3) is 0 Å². The quantitative estimate of drug-likeness (QED) is 0.790. The zero-order chi connectivity index (χ0) is 15.2. The monoisotopic (exact) mass is 295 g/mol. The van der Waals surface area contributed by atoms with Crippen LogP contribution in [0.15, 0.2) is 0 Å². The number of amides is 1. The number of carbonyl (C=O) groups excluding carboxylic acids is 1. The molecular formula is C17H29NO3. The number of carboxylic acid groups (broad SMARTS) is 1. The van der Waals surface area contributed by atoms with Gasteiger partial charge >= 0.3 is 5.97 Å². The molecule has 2 fully saturated rings.